The van der Waals surface area contributed by atoms with Gasteiger partial charge in [-0.25, -0.2) is 4.98 Å². The third kappa shape index (κ3) is 5.94. The monoisotopic (exact) mass is 685 g/mol. The molecule has 8 aromatic rings. The maximum absolute atomic E-state index is 5.26. The van der Waals surface area contributed by atoms with Gasteiger partial charge in [0.05, 0.1) is 33.6 Å². The molecule has 0 N–H and O–H groups in total. The van der Waals surface area contributed by atoms with Crippen molar-refractivity contribution in [1.82, 2.24) is 14.1 Å². The summed E-state index contributed by atoms with van der Waals surface area (Å²) in [4.78, 5) is 5.26. The van der Waals surface area contributed by atoms with Gasteiger partial charge in [0.1, 0.15) is 0 Å². The molecule has 0 aliphatic rings. The van der Waals surface area contributed by atoms with Gasteiger partial charge in [-0.1, -0.05) is 136 Å². The number of fused-ring (bicyclic) bond motifs is 4. The molecule has 0 atom stereocenters. The standard InChI is InChI=1S/C50H43N3/c1-6-9-20-36(8-3)44-31-38(32-45(51-44)37-21-11-10-12-22-37)43-33-39(52-35(5)50(34(4)19-7-2)42-25-15-18-28-48(42)52)29-30-49(43)53-46-26-16-13-23-40(46)41-24-14-17-27-47(41)53/h7-8,10-33H,2-3,6,9H2,1,4-5H3/b34-19-,36-20+. The van der Waals surface area contributed by atoms with E-state index in [2.05, 4.69) is 189 Å². The Balaban J connectivity index is 1.48. The van der Waals surface area contributed by atoms with Gasteiger partial charge in [-0.2, -0.15) is 0 Å². The molecule has 0 aliphatic heterocycles. The topological polar surface area (TPSA) is 22.8 Å². The van der Waals surface area contributed by atoms with E-state index in [9.17, 15) is 0 Å². The molecule has 5 aromatic carbocycles. The quantitative estimate of drug-likeness (QED) is 0.131. The molecule has 0 aliphatic carbocycles. The van der Waals surface area contributed by atoms with Crippen LogP contribution in [0, 0.1) is 6.92 Å². The van der Waals surface area contributed by atoms with E-state index in [1.807, 2.05) is 12.2 Å². The highest BCUT2D eigenvalue weighted by atomic mass is 15.0. The number of unbranched alkanes of at least 4 members (excludes halogenated alkanes) is 1. The summed E-state index contributed by atoms with van der Waals surface area (Å²) in [6.45, 7) is 14.8. The fourth-order valence-corrected chi connectivity index (χ4v) is 7.91. The summed E-state index contributed by atoms with van der Waals surface area (Å²) in [5.74, 6) is 0. The molecule has 0 amide bonds. The lowest BCUT2D eigenvalue weighted by molar-refractivity contribution is 0.959. The van der Waals surface area contributed by atoms with Crippen LogP contribution in [0.5, 0.6) is 0 Å². The first-order valence-electron chi connectivity index (χ1n) is 18.5. The van der Waals surface area contributed by atoms with E-state index in [0.717, 1.165) is 57.9 Å². The Kier molecular flexibility index (Phi) is 9.08. The molecule has 0 fully saturated rings. The van der Waals surface area contributed by atoms with E-state index in [0.29, 0.717) is 0 Å². The Hall–Kier alpha value is -6.45. The van der Waals surface area contributed by atoms with E-state index in [-0.39, 0.29) is 0 Å². The van der Waals surface area contributed by atoms with E-state index in [1.165, 1.54) is 49.5 Å². The number of nitrogens with zero attached hydrogens (tertiary/aromatic N) is 3. The highest BCUT2D eigenvalue weighted by Gasteiger charge is 2.21. The molecule has 53 heavy (non-hydrogen) atoms. The van der Waals surface area contributed by atoms with Gasteiger partial charge >= 0.3 is 0 Å². The maximum Gasteiger partial charge on any atom is 0.0715 e. The molecule has 0 saturated heterocycles. The second-order valence-electron chi connectivity index (χ2n) is 13.6. The van der Waals surface area contributed by atoms with Crippen LogP contribution in [0.4, 0.5) is 0 Å². The van der Waals surface area contributed by atoms with E-state index < -0.39 is 0 Å². The largest absolute Gasteiger partial charge is 0.313 e. The van der Waals surface area contributed by atoms with Crippen LogP contribution in [0.1, 0.15) is 43.6 Å². The zero-order chi connectivity index (χ0) is 36.5. The van der Waals surface area contributed by atoms with Crippen molar-refractivity contribution in [2.45, 2.75) is 33.6 Å². The normalized spacial score (nSPS) is 12.2. The molecule has 258 valence electrons. The fraction of sp³-hybridized carbons (Fsp3) is 0.100. The van der Waals surface area contributed by atoms with Crippen molar-refractivity contribution in [3.05, 3.63) is 188 Å². The predicted octanol–water partition coefficient (Wildman–Crippen LogP) is 13.7. The number of hydrogen-bond donors (Lipinski definition) is 0. The van der Waals surface area contributed by atoms with Crippen molar-refractivity contribution in [3.63, 3.8) is 0 Å². The second kappa shape index (κ2) is 14.3. The molecule has 0 saturated carbocycles. The molecular weight excluding hydrogens is 643 g/mol. The zero-order valence-electron chi connectivity index (χ0n) is 30.7. The number of para-hydroxylation sites is 3. The average molecular weight is 686 g/mol. The molecule has 0 radical (unpaired) electrons. The van der Waals surface area contributed by atoms with Crippen LogP contribution >= 0.6 is 0 Å². The number of allylic oxidation sites excluding steroid dienone is 6. The van der Waals surface area contributed by atoms with Gasteiger partial charge in [0.15, 0.2) is 0 Å². The molecular formula is C50H43N3. The first-order valence-corrected chi connectivity index (χ1v) is 18.5. The van der Waals surface area contributed by atoms with Crippen molar-refractivity contribution >= 4 is 43.9 Å². The molecule has 3 aromatic heterocycles. The average Bonchev–Trinajstić information content (AvgIpc) is 3.69. The van der Waals surface area contributed by atoms with Crippen LogP contribution in [0.15, 0.2) is 171 Å². The van der Waals surface area contributed by atoms with Gasteiger partial charge < -0.3 is 9.13 Å². The number of benzene rings is 5. The zero-order valence-corrected chi connectivity index (χ0v) is 30.7. The molecule has 0 bridgehead atoms. The van der Waals surface area contributed by atoms with Gasteiger partial charge in [0.2, 0.25) is 0 Å². The summed E-state index contributed by atoms with van der Waals surface area (Å²) in [5, 5.41) is 3.69. The van der Waals surface area contributed by atoms with Crippen LogP contribution in [0.3, 0.4) is 0 Å². The maximum atomic E-state index is 5.26. The Bertz CT molecular complexity index is 2680. The third-order valence-electron chi connectivity index (χ3n) is 10.3. The van der Waals surface area contributed by atoms with Gasteiger partial charge in [0.25, 0.3) is 0 Å². The second-order valence-corrected chi connectivity index (χ2v) is 13.6. The molecule has 3 heteroatoms. The lowest BCUT2D eigenvalue weighted by Crippen LogP contribution is -2.03. The van der Waals surface area contributed by atoms with Gasteiger partial charge in [-0.05, 0) is 85.5 Å². The summed E-state index contributed by atoms with van der Waals surface area (Å²) in [7, 11) is 0. The minimum atomic E-state index is 0.915. The van der Waals surface area contributed by atoms with Crippen molar-refractivity contribution in [3.8, 4) is 33.8 Å². The summed E-state index contributed by atoms with van der Waals surface area (Å²) >= 11 is 0. The minimum absolute atomic E-state index is 0.915. The van der Waals surface area contributed by atoms with E-state index in [4.69, 9.17) is 4.98 Å². The van der Waals surface area contributed by atoms with E-state index >= 15 is 0 Å². The Morgan fingerprint density at radius 2 is 1.30 bits per heavy atom. The highest BCUT2D eigenvalue weighted by Crippen LogP contribution is 2.41. The summed E-state index contributed by atoms with van der Waals surface area (Å²) in [6.07, 6.45) is 10.2. The van der Waals surface area contributed by atoms with Crippen LogP contribution in [-0.4, -0.2) is 14.1 Å². The Morgan fingerprint density at radius 1 is 0.679 bits per heavy atom. The SMILES string of the molecule is C=C/C=C(/C)c1c(C)n(-c2ccc(-n3c4ccccc4c4ccccc43)c(-c3cc(/C(C=C)=C/CCC)nc(-c4ccccc4)c3)c2)c2ccccc12. The minimum Gasteiger partial charge on any atom is -0.313 e. The van der Waals surface area contributed by atoms with Crippen molar-refractivity contribution in [1.29, 1.82) is 0 Å². The Labute approximate surface area is 312 Å². The molecule has 3 nitrogen and oxygen atoms in total. The summed E-state index contributed by atoms with van der Waals surface area (Å²) in [6, 6.07) is 48.1. The number of hydrogen-bond acceptors (Lipinski definition) is 1. The van der Waals surface area contributed by atoms with E-state index in [1.54, 1.807) is 0 Å². The van der Waals surface area contributed by atoms with Gasteiger partial charge in [-0.3, -0.25) is 0 Å². The van der Waals surface area contributed by atoms with Crippen LogP contribution in [0.25, 0.3) is 77.6 Å². The summed E-state index contributed by atoms with van der Waals surface area (Å²) in [5.41, 5.74) is 15.5. The van der Waals surface area contributed by atoms with Crippen LogP contribution < -0.4 is 0 Å². The highest BCUT2D eigenvalue weighted by molar-refractivity contribution is 6.10. The lowest BCUT2D eigenvalue weighted by Gasteiger charge is -2.19. The lowest BCUT2D eigenvalue weighted by atomic mass is 9.97. The first kappa shape index (κ1) is 33.7. The van der Waals surface area contributed by atoms with Gasteiger partial charge in [0, 0.05) is 44.2 Å². The van der Waals surface area contributed by atoms with Crippen molar-refractivity contribution in [2.24, 2.45) is 0 Å². The van der Waals surface area contributed by atoms with Crippen molar-refractivity contribution < 1.29 is 0 Å². The smallest absolute Gasteiger partial charge is 0.0715 e. The molecule has 3 heterocycles. The number of rotatable bonds is 10. The van der Waals surface area contributed by atoms with Crippen LogP contribution in [-0.2, 0) is 0 Å². The molecule has 0 spiro atoms. The molecule has 8 rings (SSSR count). The summed E-state index contributed by atoms with van der Waals surface area (Å²) < 4.78 is 4.83. The van der Waals surface area contributed by atoms with Crippen molar-refractivity contribution in [2.75, 3.05) is 0 Å². The van der Waals surface area contributed by atoms with Gasteiger partial charge in [-0.15, -0.1) is 0 Å². The Morgan fingerprint density at radius 3 is 1.94 bits per heavy atom. The van der Waals surface area contributed by atoms with Crippen LogP contribution in [0.2, 0.25) is 0 Å². The third-order valence-corrected chi connectivity index (χ3v) is 10.3. The first-order chi connectivity index (χ1) is 26.0. The predicted molar refractivity (Wildman–Crippen MR) is 228 cm³/mol. The fourth-order valence-electron chi connectivity index (χ4n) is 7.91. The molecule has 0 unspecified atom stereocenters. The number of aromatic nitrogens is 3. The number of pyridine rings is 1.